The molecule has 25 heavy (non-hydrogen) atoms. The molecule has 2 aromatic heterocycles. The van der Waals surface area contributed by atoms with Crippen molar-refractivity contribution in [3.8, 4) is 11.3 Å². The maximum Gasteiger partial charge on any atom is 0.234 e. The van der Waals surface area contributed by atoms with Crippen LogP contribution in [-0.4, -0.2) is 23.2 Å². The quantitative estimate of drug-likeness (QED) is 0.738. The van der Waals surface area contributed by atoms with Crippen LogP contribution < -0.4 is 4.72 Å². The summed E-state index contributed by atoms with van der Waals surface area (Å²) >= 11 is 0. The molecule has 6 nitrogen and oxygen atoms in total. The molecule has 2 heterocycles. The third-order valence-electron chi connectivity index (χ3n) is 3.65. The fourth-order valence-electron chi connectivity index (χ4n) is 2.29. The van der Waals surface area contributed by atoms with Gasteiger partial charge in [0.25, 0.3) is 0 Å². The van der Waals surface area contributed by atoms with Crippen molar-refractivity contribution in [3.63, 3.8) is 0 Å². The molecule has 0 unspecified atom stereocenters. The third kappa shape index (κ3) is 4.62. The van der Waals surface area contributed by atoms with Crippen molar-refractivity contribution in [2.24, 2.45) is 7.05 Å². The summed E-state index contributed by atoms with van der Waals surface area (Å²) in [6.07, 6.45) is 4.95. The fraction of sp³-hybridized carbons (Fsp3) is 0.111. The Labute approximate surface area is 146 Å². The van der Waals surface area contributed by atoms with Gasteiger partial charge in [-0.3, -0.25) is 9.67 Å². The Kier molecular flexibility index (Phi) is 5.06. The van der Waals surface area contributed by atoms with Crippen LogP contribution in [0.4, 0.5) is 0 Å². The number of rotatable bonds is 6. The molecule has 0 radical (unpaired) electrons. The molecule has 0 saturated carbocycles. The highest BCUT2D eigenvalue weighted by Gasteiger charge is 2.10. The summed E-state index contributed by atoms with van der Waals surface area (Å²) < 4.78 is 28.5. The van der Waals surface area contributed by atoms with Gasteiger partial charge >= 0.3 is 0 Å². The molecule has 0 aliphatic heterocycles. The van der Waals surface area contributed by atoms with E-state index in [1.165, 1.54) is 5.41 Å². The normalized spacial score (nSPS) is 11.9. The molecule has 0 amide bonds. The zero-order valence-electron chi connectivity index (χ0n) is 13.7. The van der Waals surface area contributed by atoms with Gasteiger partial charge in [-0.1, -0.05) is 30.3 Å². The Balaban J connectivity index is 1.69. The predicted octanol–water partition coefficient (Wildman–Crippen LogP) is 2.57. The van der Waals surface area contributed by atoms with E-state index in [0.717, 1.165) is 22.5 Å². The Bertz CT molecular complexity index is 965. The maximum absolute atomic E-state index is 12.1. The van der Waals surface area contributed by atoms with Gasteiger partial charge in [0.15, 0.2) is 0 Å². The molecular weight excluding hydrogens is 336 g/mol. The van der Waals surface area contributed by atoms with Gasteiger partial charge in [0.2, 0.25) is 10.0 Å². The van der Waals surface area contributed by atoms with Crippen molar-refractivity contribution < 1.29 is 8.42 Å². The van der Waals surface area contributed by atoms with Crippen LogP contribution in [0.1, 0.15) is 11.3 Å². The first-order valence-corrected chi connectivity index (χ1v) is 9.24. The number of benzene rings is 1. The van der Waals surface area contributed by atoms with Gasteiger partial charge in [0.1, 0.15) is 0 Å². The minimum atomic E-state index is -3.53. The van der Waals surface area contributed by atoms with Gasteiger partial charge in [-0.05, 0) is 29.8 Å². The zero-order valence-corrected chi connectivity index (χ0v) is 14.5. The molecule has 0 fully saturated rings. The minimum absolute atomic E-state index is 0.163. The van der Waals surface area contributed by atoms with Crippen molar-refractivity contribution >= 4 is 16.1 Å². The topological polar surface area (TPSA) is 76.9 Å². The first-order chi connectivity index (χ1) is 12.0. The van der Waals surface area contributed by atoms with E-state index in [4.69, 9.17) is 0 Å². The van der Waals surface area contributed by atoms with Gasteiger partial charge < -0.3 is 0 Å². The van der Waals surface area contributed by atoms with E-state index in [0.29, 0.717) is 0 Å². The smallest absolute Gasteiger partial charge is 0.234 e. The standard InChI is InChI=1S/C18H18N4O2S/c1-22-17(13-18(21-22)16-7-10-19-11-8-16)14-20-25(23,24)12-9-15-5-3-2-4-6-15/h2-13,20H,14H2,1H3. The number of aromatic nitrogens is 3. The van der Waals surface area contributed by atoms with Crippen molar-refractivity contribution in [3.05, 3.63) is 77.6 Å². The lowest BCUT2D eigenvalue weighted by Crippen LogP contribution is -2.22. The van der Waals surface area contributed by atoms with Crippen molar-refractivity contribution in [1.82, 2.24) is 19.5 Å². The van der Waals surface area contributed by atoms with Crippen molar-refractivity contribution in [2.45, 2.75) is 6.54 Å². The first kappa shape index (κ1) is 17.1. The molecule has 1 aromatic carbocycles. The lowest BCUT2D eigenvalue weighted by Gasteiger charge is -2.03. The van der Waals surface area contributed by atoms with Crippen LogP contribution in [-0.2, 0) is 23.6 Å². The number of hydrogen-bond acceptors (Lipinski definition) is 4. The monoisotopic (exact) mass is 354 g/mol. The molecule has 0 aliphatic rings. The fourth-order valence-corrected chi connectivity index (χ4v) is 3.07. The van der Waals surface area contributed by atoms with Crippen LogP contribution in [0.3, 0.4) is 0 Å². The summed E-state index contributed by atoms with van der Waals surface area (Å²) in [6, 6.07) is 14.9. The predicted molar refractivity (Wildman–Crippen MR) is 97.7 cm³/mol. The molecule has 7 heteroatoms. The second-order valence-electron chi connectivity index (χ2n) is 5.46. The molecule has 0 bridgehead atoms. The molecule has 3 aromatic rings. The van der Waals surface area contributed by atoms with Crippen LogP contribution in [0, 0.1) is 0 Å². The summed E-state index contributed by atoms with van der Waals surface area (Å²) in [4.78, 5) is 3.98. The average molecular weight is 354 g/mol. The highest BCUT2D eigenvalue weighted by Crippen LogP contribution is 2.17. The third-order valence-corrected chi connectivity index (χ3v) is 4.69. The summed E-state index contributed by atoms with van der Waals surface area (Å²) in [6.45, 7) is 0.163. The van der Waals surface area contributed by atoms with E-state index in [-0.39, 0.29) is 6.54 Å². The first-order valence-electron chi connectivity index (χ1n) is 7.70. The summed E-state index contributed by atoms with van der Waals surface area (Å²) in [7, 11) is -1.75. The second-order valence-corrected chi connectivity index (χ2v) is 7.11. The molecule has 0 aliphatic carbocycles. The molecule has 0 atom stereocenters. The number of nitrogens with zero attached hydrogens (tertiary/aromatic N) is 3. The number of pyridine rings is 1. The Morgan fingerprint density at radius 3 is 2.56 bits per heavy atom. The second kappa shape index (κ2) is 7.42. The molecule has 128 valence electrons. The number of hydrogen-bond donors (Lipinski definition) is 1. The van der Waals surface area contributed by atoms with Gasteiger partial charge in [-0.2, -0.15) is 5.10 Å². The van der Waals surface area contributed by atoms with Crippen molar-refractivity contribution in [1.29, 1.82) is 0 Å². The Hall–Kier alpha value is -2.77. The van der Waals surface area contributed by atoms with Crippen molar-refractivity contribution in [2.75, 3.05) is 0 Å². The zero-order chi connectivity index (χ0) is 17.7. The van der Waals surface area contributed by atoms with E-state index in [2.05, 4.69) is 14.8 Å². The van der Waals surface area contributed by atoms with E-state index in [1.807, 2.05) is 48.5 Å². The van der Waals surface area contributed by atoms with Crippen LogP contribution in [0.25, 0.3) is 17.3 Å². The van der Waals surface area contributed by atoms with Crippen LogP contribution in [0.15, 0.2) is 66.3 Å². The van der Waals surface area contributed by atoms with Gasteiger partial charge in [-0.15, -0.1) is 0 Å². The molecule has 0 spiro atoms. The molecule has 3 rings (SSSR count). The van der Waals surface area contributed by atoms with Crippen LogP contribution >= 0.6 is 0 Å². The highest BCUT2D eigenvalue weighted by molar-refractivity contribution is 7.92. The van der Waals surface area contributed by atoms with Crippen LogP contribution in [0.5, 0.6) is 0 Å². The van der Waals surface area contributed by atoms with Crippen LogP contribution in [0.2, 0.25) is 0 Å². The average Bonchev–Trinajstić information content (AvgIpc) is 3.01. The van der Waals surface area contributed by atoms with E-state index >= 15 is 0 Å². The maximum atomic E-state index is 12.1. The SMILES string of the molecule is Cn1nc(-c2ccncc2)cc1CNS(=O)(=O)C=Cc1ccccc1. The van der Waals surface area contributed by atoms with Gasteiger partial charge in [0.05, 0.1) is 17.9 Å². The molecule has 1 N–H and O–H groups in total. The Morgan fingerprint density at radius 1 is 1.12 bits per heavy atom. The van der Waals surface area contributed by atoms with E-state index in [1.54, 1.807) is 30.2 Å². The lowest BCUT2D eigenvalue weighted by atomic mass is 10.2. The largest absolute Gasteiger partial charge is 0.271 e. The Morgan fingerprint density at radius 2 is 1.84 bits per heavy atom. The number of aryl methyl sites for hydroxylation is 1. The molecule has 0 saturated heterocycles. The minimum Gasteiger partial charge on any atom is -0.271 e. The number of sulfonamides is 1. The van der Waals surface area contributed by atoms with E-state index < -0.39 is 10.0 Å². The number of nitrogens with one attached hydrogen (secondary N) is 1. The summed E-state index contributed by atoms with van der Waals surface area (Å²) in [5, 5.41) is 5.58. The lowest BCUT2D eigenvalue weighted by molar-refractivity contribution is 0.586. The van der Waals surface area contributed by atoms with E-state index in [9.17, 15) is 8.42 Å². The summed E-state index contributed by atoms with van der Waals surface area (Å²) in [5.41, 5.74) is 3.31. The summed E-state index contributed by atoms with van der Waals surface area (Å²) in [5.74, 6) is 0. The van der Waals surface area contributed by atoms with Gasteiger partial charge in [-0.25, -0.2) is 13.1 Å². The molecular formula is C18H18N4O2S. The van der Waals surface area contributed by atoms with Gasteiger partial charge in [0, 0.05) is 30.4 Å². The highest BCUT2D eigenvalue weighted by atomic mass is 32.2.